The molecule has 14 heteroatoms. The van der Waals surface area contributed by atoms with Crippen LogP contribution < -0.4 is 15.9 Å². The van der Waals surface area contributed by atoms with Crippen LogP contribution in [0.3, 0.4) is 0 Å². The fourth-order valence-electron chi connectivity index (χ4n) is 8.27. The van der Waals surface area contributed by atoms with Crippen LogP contribution in [-0.2, 0) is 24.7 Å². The Balaban J connectivity index is 1.52. The summed E-state index contributed by atoms with van der Waals surface area (Å²) in [5, 5.41) is -0.175. The van der Waals surface area contributed by atoms with Crippen molar-refractivity contribution in [1.82, 2.24) is 0 Å². The lowest BCUT2D eigenvalue weighted by molar-refractivity contribution is -0.144. The molecule has 0 aliphatic heterocycles. The van der Waals surface area contributed by atoms with E-state index in [1.54, 1.807) is 19.3 Å². The van der Waals surface area contributed by atoms with E-state index >= 15 is 0 Å². The Labute approximate surface area is 316 Å². The molecule has 0 saturated heterocycles. The van der Waals surface area contributed by atoms with Gasteiger partial charge in [0.25, 0.3) is 0 Å². The third-order valence-electron chi connectivity index (χ3n) is 10.8. The maximum atomic E-state index is 14.2. The first kappa shape index (κ1) is 42.3. The SMILES string of the molecule is C[C@@H]([C]1[CH][CH][CH][C]1c1ccccc1P(C1CCCCC1)C1CCCCC1)P(c1cc(C(F)(F)F)cc(C(F)(F)F)c1)c1cc(C(F)(F)F)cc(C(F)(F)F)c1. The molecule has 0 heterocycles. The predicted molar refractivity (Wildman–Crippen MR) is 194 cm³/mol. The number of alkyl halides is 12. The van der Waals surface area contributed by atoms with E-state index in [2.05, 4.69) is 6.07 Å². The van der Waals surface area contributed by atoms with Gasteiger partial charge in [-0.3, -0.25) is 0 Å². The molecular weight excluding hydrogens is 782 g/mol. The normalized spacial score (nSPS) is 19.8. The highest BCUT2D eigenvalue weighted by molar-refractivity contribution is 7.73. The first-order valence-electron chi connectivity index (χ1n) is 18.2. The zero-order valence-electron chi connectivity index (χ0n) is 29.7. The lowest BCUT2D eigenvalue weighted by atomic mass is 9.87. The summed E-state index contributed by atoms with van der Waals surface area (Å²) in [6.07, 6.45) is -5.15. The Kier molecular flexibility index (Phi) is 12.7. The average molecular weight is 822 g/mol. The Morgan fingerprint density at radius 1 is 0.527 bits per heavy atom. The summed E-state index contributed by atoms with van der Waals surface area (Å²) in [4.78, 5) is 0. The Hall–Kier alpha value is -2.32. The summed E-state index contributed by atoms with van der Waals surface area (Å²) in [7, 11) is -3.48. The van der Waals surface area contributed by atoms with Crippen LogP contribution in [0, 0.1) is 31.1 Å². The molecule has 3 fully saturated rings. The maximum absolute atomic E-state index is 14.2. The zero-order valence-corrected chi connectivity index (χ0v) is 31.5. The lowest BCUT2D eigenvalue weighted by Crippen LogP contribution is -2.32. The summed E-state index contributed by atoms with van der Waals surface area (Å²) >= 11 is 0. The van der Waals surface area contributed by atoms with Crippen LogP contribution in [0.2, 0.25) is 0 Å². The fourth-order valence-corrected chi connectivity index (χ4v) is 15.0. The van der Waals surface area contributed by atoms with Gasteiger partial charge >= 0.3 is 24.7 Å². The Morgan fingerprint density at radius 2 is 0.927 bits per heavy atom. The molecule has 3 saturated carbocycles. The van der Waals surface area contributed by atoms with Gasteiger partial charge in [-0.15, -0.1) is 0 Å². The monoisotopic (exact) mass is 821 g/mol. The van der Waals surface area contributed by atoms with E-state index in [4.69, 9.17) is 0 Å². The molecule has 1 atom stereocenters. The topological polar surface area (TPSA) is 0 Å². The second kappa shape index (κ2) is 16.5. The number of benzene rings is 3. The highest BCUT2D eigenvalue weighted by atomic mass is 31.1. The second-order valence-corrected chi connectivity index (χ2v) is 19.8. The quantitative estimate of drug-likeness (QED) is 0.157. The van der Waals surface area contributed by atoms with Crippen molar-refractivity contribution in [3.05, 3.63) is 120 Å². The summed E-state index contributed by atoms with van der Waals surface area (Å²) in [5.41, 5.74) is -6.23. The largest absolute Gasteiger partial charge is 0.416 e. The number of hydrogen-bond acceptors (Lipinski definition) is 0. The molecule has 0 nitrogen and oxygen atoms in total. The van der Waals surface area contributed by atoms with E-state index in [0.717, 1.165) is 75.1 Å². The highest BCUT2D eigenvalue weighted by Crippen LogP contribution is 2.59. The second-order valence-electron chi connectivity index (χ2n) is 14.5. The van der Waals surface area contributed by atoms with Crippen molar-refractivity contribution in [2.24, 2.45) is 0 Å². The van der Waals surface area contributed by atoms with E-state index in [1.165, 1.54) is 6.92 Å². The van der Waals surface area contributed by atoms with Crippen molar-refractivity contribution in [1.29, 1.82) is 0 Å². The van der Waals surface area contributed by atoms with Gasteiger partial charge in [0.05, 0.1) is 22.3 Å². The van der Waals surface area contributed by atoms with E-state index in [0.29, 0.717) is 47.4 Å². The molecule has 5 radical (unpaired) electrons. The van der Waals surface area contributed by atoms with Crippen LogP contribution in [0.15, 0.2) is 60.7 Å². The van der Waals surface area contributed by atoms with Crippen LogP contribution >= 0.6 is 15.8 Å². The molecular formula is C41H39F12P2. The van der Waals surface area contributed by atoms with E-state index in [1.807, 2.05) is 18.2 Å². The lowest BCUT2D eigenvalue weighted by Gasteiger charge is -2.41. The molecule has 3 aromatic carbocycles. The molecule has 3 aliphatic carbocycles. The smallest absolute Gasteiger partial charge is 0.166 e. The molecule has 0 bridgehead atoms. The molecule has 297 valence electrons. The molecule has 6 rings (SSSR count). The minimum absolute atomic E-state index is 0.0992. The van der Waals surface area contributed by atoms with Crippen LogP contribution in [0.25, 0.3) is 0 Å². The van der Waals surface area contributed by atoms with Gasteiger partial charge in [-0.05, 0) is 134 Å². The van der Waals surface area contributed by atoms with Gasteiger partial charge in [-0.2, -0.15) is 52.7 Å². The molecule has 55 heavy (non-hydrogen) atoms. The molecule has 0 aromatic heterocycles. The van der Waals surface area contributed by atoms with Gasteiger partial charge in [0.15, 0.2) is 0 Å². The molecule has 3 aromatic rings. The van der Waals surface area contributed by atoms with Gasteiger partial charge in [0, 0.05) is 5.92 Å². The number of hydrogen-bond donors (Lipinski definition) is 0. The van der Waals surface area contributed by atoms with Gasteiger partial charge in [-0.25, -0.2) is 0 Å². The summed E-state index contributed by atoms with van der Waals surface area (Å²) in [6.45, 7) is 1.46. The van der Waals surface area contributed by atoms with Gasteiger partial charge in [-0.1, -0.05) is 77.6 Å². The number of halogens is 12. The Bertz CT molecular complexity index is 1610. The van der Waals surface area contributed by atoms with Gasteiger partial charge < -0.3 is 0 Å². The maximum Gasteiger partial charge on any atom is 0.416 e. The van der Waals surface area contributed by atoms with Crippen molar-refractivity contribution < 1.29 is 52.7 Å². The van der Waals surface area contributed by atoms with Crippen LogP contribution in [0.4, 0.5) is 52.7 Å². The molecule has 0 amide bonds. The average Bonchev–Trinajstić information content (AvgIpc) is 3.61. The molecule has 0 N–H and O–H groups in total. The third kappa shape index (κ3) is 9.70. The third-order valence-corrected chi connectivity index (χ3v) is 17.0. The predicted octanol–water partition coefficient (Wildman–Crippen LogP) is 13.2. The zero-order chi connectivity index (χ0) is 39.9. The number of rotatable bonds is 8. The minimum atomic E-state index is -5.30. The van der Waals surface area contributed by atoms with Crippen molar-refractivity contribution in [2.45, 2.75) is 113 Å². The highest BCUT2D eigenvalue weighted by Gasteiger charge is 2.45. The fraction of sp³-hybridized carbons (Fsp3) is 0.439. The summed E-state index contributed by atoms with van der Waals surface area (Å²) < 4.78 is 170. The van der Waals surface area contributed by atoms with Crippen LogP contribution in [-0.4, -0.2) is 17.0 Å². The summed E-state index contributed by atoms with van der Waals surface area (Å²) in [5.74, 6) is 1.03. The van der Waals surface area contributed by atoms with Crippen molar-refractivity contribution in [3.8, 4) is 0 Å². The molecule has 3 aliphatic rings. The minimum Gasteiger partial charge on any atom is -0.166 e. The molecule has 0 spiro atoms. The first-order valence-corrected chi connectivity index (χ1v) is 21.1. The van der Waals surface area contributed by atoms with Crippen molar-refractivity contribution in [3.63, 3.8) is 0 Å². The molecule has 0 unspecified atom stereocenters. The van der Waals surface area contributed by atoms with E-state index in [-0.39, 0.29) is 12.1 Å². The van der Waals surface area contributed by atoms with Crippen LogP contribution in [0.5, 0.6) is 0 Å². The van der Waals surface area contributed by atoms with Gasteiger partial charge in [0.2, 0.25) is 0 Å². The summed E-state index contributed by atoms with van der Waals surface area (Å²) in [6, 6.07) is 9.28. The van der Waals surface area contributed by atoms with Crippen molar-refractivity contribution in [2.75, 3.05) is 0 Å². The first-order chi connectivity index (χ1) is 25.7. The van der Waals surface area contributed by atoms with E-state index < -0.39 is 79.1 Å². The van der Waals surface area contributed by atoms with E-state index in [9.17, 15) is 52.7 Å². The Morgan fingerprint density at radius 3 is 1.33 bits per heavy atom. The standard InChI is InChI=1S/C41H39F12P2/c1-25(34-16-10-17-35(34)36-15-8-9-18-37(36)55(30-11-4-2-5-12-30)31-13-6-3-7-14-31)54(32-21-26(38(42,43)44)19-27(22-32)39(45,46)47)33-23-28(40(48,49)50)20-29(24-33)41(51,52)53/h8-10,15-25,30-31H,2-7,11-14H2,1H3/t25-/m0/s1. The van der Waals surface area contributed by atoms with Gasteiger partial charge in [0.1, 0.15) is 0 Å². The van der Waals surface area contributed by atoms with Crippen LogP contribution in [0.1, 0.15) is 98.9 Å². The van der Waals surface area contributed by atoms with Crippen molar-refractivity contribution >= 4 is 31.8 Å².